The van der Waals surface area contributed by atoms with Gasteiger partial charge in [0.1, 0.15) is 39.3 Å². The lowest BCUT2D eigenvalue weighted by Gasteiger charge is -2.42. The number of morpholine rings is 2. The van der Waals surface area contributed by atoms with Gasteiger partial charge in [-0.3, -0.25) is 0 Å². The standard InChI is InChI=1S/C40H74N2O2/c1-3-5-7-9-11-13-15-17-19-21-27-41(29-33-43-34-30-41)37-39-23-25-40(26-24-39)38-42(31-35-44-36-32-42)28-22-20-18-16-14-12-10-8-6-4-2/h23-26H,3-22,27-38H2,1-2H3/q+2. The molecule has 2 saturated heterocycles. The van der Waals surface area contributed by atoms with Crippen molar-refractivity contribution in [2.75, 3.05) is 65.7 Å². The van der Waals surface area contributed by atoms with Gasteiger partial charge in [0.2, 0.25) is 0 Å². The Balaban J connectivity index is 1.40. The first-order valence-corrected chi connectivity index (χ1v) is 19.6. The van der Waals surface area contributed by atoms with Crippen molar-refractivity contribution in [3.63, 3.8) is 0 Å². The van der Waals surface area contributed by atoms with Crippen LogP contribution in [0.2, 0.25) is 0 Å². The fourth-order valence-corrected chi connectivity index (χ4v) is 7.78. The summed E-state index contributed by atoms with van der Waals surface area (Å²) in [5.74, 6) is 0. The summed E-state index contributed by atoms with van der Waals surface area (Å²) < 4.78 is 14.1. The van der Waals surface area contributed by atoms with E-state index in [2.05, 4.69) is 38.1 Å². The van der Waals surface area contributed by atoms with Crippen molar-refractivity contribution >= 4 is 0 Å². The molecule has 4 nitrogen and oxygen atoms in total. The summed E-state index contributed by atoms with van der Waals surface area (Å²) >= 11 is 0. The second-order valence-electron chi connectivity index (χ2n) is 14.7. The molecule has 3 rings (SSSR count). The van der Waals surface area contributed by atoms with Crippen LogP contribution in [0.15, 0.2) is 24.3 Å². The van der Waals surface area contributed by atoms with Crippen molar-refractivity contribution < 1.29 is 18.4 Å². The first kappa shape index (κ1) is 37.5. The molecule has 0 amide bonds. The van der Waals surface area contributed by atoms with Crippen molar-refractivity contribution in [2.24, 2.45) is 0 Å². The fraction of sp³-hybridized carbons (Fsp3) is 0.850. The normalized spacial score (nSPS) is 18.0. The van der Waals surface area contributed by atoms with Gasteiger partial charge in [0.25, 0.3) is 0 Å². The number of hydrogen-bond acceptors (Lipinski definition) is 2. The van der Waals surface area contributed by atoms with Gasteiger partial charge in [-0.25, -0.2) is 0 Å². The molecule has 2 aliphatic rings. The molecule has 2 heterocycles. The lowest BCUT2D eigenvalue weighted by atomic mass is 10.0. The molecule has 2 aliphatic heterocycles. The Kier molecular flexibility index (Phi) is 19.9. The van der Waals surface area contributed by atoms with Gasteiger partial charge in [-0.2, -0.15) is 0 Å². The largest absolute Gasteiger partial charge is 0.370 e. The molecule has 2 fully saturated rings. The number of ether oxygens (including phenoxy) is 2. The molecule has 0 radical (unpaired) electrons. The van der Waals surface area contributed by atoms with Crippen LogP contribution in [0.5, 0.6) is 0 Å². The number of hydrogen-bond donors (Lipinski definition) is 0. The van der Waals surface area contributed by atoms with E-state index in [1.807, 2.05) is 0 Å². The average molecular weight is 615 g/mol. The molecule has 1 aromatic carbocycles. The lowest BCUT2D eigenvalue weighted by molar-refractivity contribution is -0.948. The van der Waals surface area contributed by atoms with Crippen LogP contribution >= 0.6 is 0 Å². The summed E-state index contributed by atoms with van der Waals surface area (Å²) in [7, 11) is 0. The fourth-order valence-electron chi connectivity index (χ4n) is 7.78. The highest BCUT2D eigenvalue weighted by atomic mass is 16.5. The van der Waals surface area contributed by atoms with Crippen LogP contribution in [-0.4, -0.2) is 74.7 Å². The number of unbranched alkanes of at least 4 members (excludes halogenated alkanes) is 18. The highest BCUT2D eigenvalue weighted by molar-refractivity contribution is 5.21. The van der Waals surface area contributed by atoms with E-state index in [9.17, 15) is 0 Å². The summed E-state index contributed by atoms with van der Waals surface area (Å²) in [5.41, 5.74) is 3.04. The number of quaternary nitrogens is 2. The molecule has 0 unspecified atom stereocenters. The second kappa shape index (κ2) is 23.4. The zero-order chi connectivity index (χ0) is 31.0. The van der Waals surface area contributed by atoms with Crippen LogP contribution < -0.4 is 0 Å². The molecular weight excluding hydrogens is 540 g/mol. The first-order chi connectivity index (χ1) is 21.7. The van der Waals surface area contributed by atoms with E-state index in [1.54, 1.807) is 0 Å². The van der Waals surface area contributed by atoms with Gasteiger partial charge in [0.15, 0.2) is 0 Å². The zero-order valence-electron chi connectivity index (χ0n) is 29.6. The smallest absolute Gasteiger partial charge is 0.104 e. The number of rotatable bonds is 26. The molecule has 0 saturated carbocycles. The van der Waals surface area contributed by atoms with Gasteiger partial charge in [-0.1, -0.05) is 141 Å². The predicted octanol–water partition coefficient (Wildman–Crippen LogP) is 10.2. The molecule has 4 heteroatoms. The Bertz CT molecular complexity index is 731. The molecule has 0 aromatic heterocycles. The minimum absolute atomic E-state index is 0.927. The SMILES string of the molecule is CCCCCCCCCCCC[N+]1(Cc2ccc(C[N+]3(CCCCCCCCCCCC)CCOCC3)cc2)CCOCC1. The third kappa shape index (κ3) is 15.6. The quantitative estimate of drug-likeness (QED) is 0.0763. The first-order valence-electron chi connectivity index (χ1n) is 19.6. The Morgan fingerprint density at radius 3 is 0.977 bits per heavy atom. The van der Waals surface area contributed by atoms with E-state index >= 15 is 0 Å². The molecule has 44 heavy (non-hydrogen) atoms. The van der Waals surface area contributed by atoms with E-state index < -0.39 is 0 Å². The van der Waals surface area contributed by atoms with E-state index in [-0.39, 0.29) is 0 Å². The van der Waals surface area contributed by atoms with Gasteiger partial charge in [0, 0.05) is 11.1 Å². The molecular formula is C40H74N2O2+2. The molecule has 0 N–H and O–H groups in total. The summed E-state index contributed by atoms with van der Waals surface area (Å²) in [6.07, 6.45) is 28.3. The Morgan fingerprint density at radius 1 is 0.409 bits per heavy atom. The highest BCUT2D eigenvalue weighted by Crippen LogP contribution is 2.24. The summed E-state index contributed by atoms with van der Waals surface area (Å²) in [6, 6.07) is 9.84. The van der Waals surface area contributed by atoms with Crippen molar-refractivity contribution in [3.8, 4) is 0 Å². The Morgan fingerprint density at radius 2 is 0.682 bits per heavy atom. The van der Waals surface area contributed by atoms with Gasteiger partial charge in [0.05, 0.1) is 39.5 Å². The van der Waals surface area contributed by atoms with E-state index in [0.717, 1.165) is 26.4 Å². The second-order valence-corrected chi connectivity index (χ2v) is 14.7. The van der Waals surface area contributed by atoms with Crippen LogP contribution in [0.1, 0.15) is 153 Å². The number of nitrogens with zero attached hydrogens (tertiary/aromatic N) is 2. The summed E-state index contributed by atoms with van der Waals surface area (Å²) in [4.78, 5) is 0. The molecule has 1 aromatic rings. The molecule has 0 atom stereocenters. The Labute approximate surface area is 274 Å². The van der Waals surface area contributed by atoms with Gasteiger partial charge < -0.3 is 18.4 Å². The van der Waals surface area contributed by atoms with Crippen molar-refractivity contribution in [2.45, 2.75) is 155 Å². The molecule has 0 bridgehead atoms. The van der Waals surface area contributed by atoms with Gasteiger partial charge in [-0.05, 0) is 25.7 Å². The predicted molar refractivity (Wildman–Crippen MR) is 189 cm³/mol. The van der Waals surface area contributed by atoms with E-state index in [1.165, 1.54) is 201 Å². The lowest BCUT2D eigenvalue weighted by Crippen LogP contribution is -2.55. The summed E-state index contributed by atoms with van der Waals surface area (Å²) in [5, 5.41) is 0. The highest BCUT2D eigenvalue weighted by Gasteiger charge is 2.32. The molecule has 0 spiro atoms. The van der Waals surface area contributed by atoms with E-state index in [4.69, 9.17) is 9.47 Å². The van der Waals surface area contributed by atoms with Crippen LogP contribution in [0.3, 0.4) is 0 Å². The van der Waals surface area contributed by atoms with Crippen LogP contribution in [0.4, 0.5) is 0 Å². The zero-order valence-corrected chi connectivity index (χ0v) is 29.6. The maximum absolute atomic E-state index is 5.83. The van der Waals surface area contributed by atoms with Crippen LogP contribution in [0.25, 0.3) is 0 Å². The monoisotopic (exact) mass is 615 g/mol. The number of benzene rings is 1. The van der Waals surface area contributed by atoms with Gasteiger partial charge in [-0.15, -0.1) is 0 Å². The molecule has 0 aliphatic carbocycles. The van der Waals surface area contributed by atoms with Gasteiger partial charge >= 0.3 is 0 Å². The maximum atomic E-state index is 5.83. The van der Waals surface area contributed by atoms with Crippen LogP contribution in [-0.2, 0) is 22.6 Å². The van der Waals surface area contributed by atoms with Crippen molar-refractivity contribution in [1.29, 1.82) is 0 Å². The third-order valence-corrected chi connectivity index (χ3v) is 10.9. The van der Waals surface area contributed by atoms with Crippen LogP contribution in [0, 0.1) is 0 Å². The van der Waals surface area contributed by atoms with E-state index in [0.29, 0.717) is 0 Å². The molecule has 254 valence electrons. The summed E-state index contributed by atoms with van der Waals surface area (Å²) in [6.45, 7) is 18.0. The maximum Gasteiger partial charge on any atom is 0.104 e. The third-order valence-electron chi connectivity index (χ3n) is 10.9. The van der Waals surface area contributed by atoms with Crippen molar-refractivity contribution in [1.82, 2.24) is 0 Å². The average Bonchev–Trinajstić information content (AvgIpc) is 3.05. The topological polar surface area (TPSA) is 18.5 Å². The van der Waals surface area contributed by atoms with Crippen molar-refractivity contribution in [3.05, 3.63) is 35.4 Å². The Hall–Kier alpha value is -0.940. The minimum Gasteiger partial charge on any atom is -0.370 e. The minimum atomic E-state index is 0.927.